The fourth-order valence-electron chi connectivity index (χ4n) is 1.76. The van der Waals surface area contributed by atoms with Gasteiger partial charge in [-0.15, -0.1) is 0 Å². The van der Waals surface area contributed by atoms with Crippen LogP contribution in [0.1, 0.15) is 31.4 Å². The molecule has 0 radical (unpaired) electrons. The molecule has 0 saturated heterocycles. The van der Waals surface area contributed by atoms with Crippen LogP contribution in [0.5, 0.6) is 0 Å². The van der Waals surface area contributed by atoms with Gasteiger partial charge in [0.2, 0.25) is 0 Å². The van der Waals surface area contributed by atoms with E-state index in [1.807, 2.05) is 12.1 Å². The fourth-order valence-corrected chi connectivity index (χ4v) is 1.89. The zero-order valence-corrected chi connectivity index (χ0v) is 10.8. The Balaban J connectivity index is 2.57. The quantitative estimate of drug-likeness (QED) is 0.739. The average Bonchev–Trinajstić information content (AvgIpc) is 2.29. The van der Waals surface area contributed by atoms with Gasteiger partial charge in [0.05, 0.1) is 0 Å². The molecule has 0 aliphatic heterocycles. The van der Waals surface area contributed by atoms with E-state index < -0.39 is 0 Å². The molecule has 0 bridgehead atoms. The molecule has 1 atom stereocenters. The van der Waals surface area contributed by atoms with E-state index in [1.54, 1.807) is 7.11 Å². The van der Waals surface area contributed by atoms with Gasteiger partial charge in [0.15, 0.2) is 0 Å². The summed E-state index contributed by atoms with van der Waals surface area (Å²) in [5, 5.41) is 4.27. The van der Waals surface area contributed by atoms with Crippen LogP contribution < -0.4 is 5.32 Å². The van der Waals surface area contributed by atoms with Gasteiger partial charge in [-0.05, 0) is 37.1 Å². The van der Waals surface area contributed by atoms with Crippen LogP contribution in [0.2, 0.25) is 5.02 Å². The molecule has 0 spiro atoms. The number of rotatable bonds is 7. The molecular formula is C13H20ClNO. The SMILES string of the molecule is CCNC(CCCOC)c1ccc(Cl)cc1. The second-order valence-electron chi connectivity index (χ2n) is 3.80. The molecule has 0 amide bonds. The number of nitrogens with one attached hydrogen (secondary N) is 1. The molecule has 90 valence electrons. The molecule has 3 heteroatoms. The highest BCUT2D eigenvalue weighted by Crippen LogP contribution is 2.20. The van der Waals surface area contributed by atoms with E-state index in [-0.39, 0.29) is 0 Å². The third-order valence-corrected chi connectivity index (χ3v) is 2.82. The highest BCUT2D eigenvalue weighted by Gasteiger charge is 2.09. The first-order valence-electron chi connectivity index (χ1n) is 5.75. The van der Waals surface area contributed by atoms with Crippen molar-refractivity contribution in [2.75, 3.05) is 20.3 Å². The van der Waals surface area contributed by atoms with Gasteiger partial charge < -0.3 is 10.1 Å². The first kappa shape index (κ1) is 13.5. The number of halogens is 1. The molecule has 1 aromatic carbocycles. The third-order valence-electron chi connectivity index (χ3n) is 2.56. The molecule has 0 heterocycles. The molecule has 0 aliphatic carbocycles. The van der Waals surface area contributed by atoms with Gasteiger partial charge in [-0.25, -0.2) is 0 Å². The molecule has 0 aromatic heterocycles. The van der Waals surface area contributed by atoms with Crippen LogP contribution in [0.3, 0.4) is 0 Å². The van der Waals surface area contributed by atoms with Gasteiger partial charge in [-0.1, -0.05) is 30.7 Å². The van der Waals surface area contributed by atoms with E-state index in [1.165, 1.54) is 5.56 Å². The Morgan fingerprint density at radius 1 is 1.31 bits per heavy atom. The maximum absolute atomic E-state index is 5.88. The molecule has 1 N–H and O–H groups in total. The van der Waals surface area contributed by atoms with Crippen molar-refractivity contribution < 1.29 is 4.74 Å². The number of hydrogen-bond donors (Lipinski definition) is 1. The standard InChI is InChI=1S/C13H20ClNO/c1-3-15-13(5-4-10-16-2)11-6-8-12(14)9-7-11/h6-9,13,15H,3-5,10H2,1-2H3. The van der Waals surface area contributed by atoms with Crippen molar-refractivity contribution in [2.45, 2.75) is 25.8 Å². The minimum absolute atomic E-state index is 0.400. The van der Waals surface area contributed by atoms with Crippen molar-refractivity contribution in [3.05, 3.63) is 34.9 Å². The normalized spacial score (nSPS) is 12.7. The molecule has 1 rings (SSSR count). The maximum atomic E-state index is 5.88. The van der Waals surface area contributed by atoms with Crippen LogP contribution in [0.15, 0.2) is 24.3 Å². The lowest BCUT2D eigenvalue weighted by Crippen LogP contribution is -2.21. The summed E-state index contributed by atoms with van der Waals surface area (Å²) >= 11 is 5.88. The Bertz CT molecular complexity index is 286. The molecule has 0 aliphatic rings. The molecule has 0 saturated carbocycles. The highest BCUT2D eigenvalue weighted by atomic mass is 35.5. The van der Waals surface area contributed by atoms with E-state index in [0.717, 1.165) is 31.0 Å². The largest absolute Gasteiger partial charge is 0.385 e. The first-order chi connectivity index (χ1) is 7.77. The van der Waals surface area contributed by atoms with E-state index in [4.69, 9.17) is 16.3 Å². The van der Waals surface area contributed by atoms with Crippen molar-refractivity contribution in [3.63, 3.8) is 0 Å². The number of benzene rings is 1. The van der Waals surface area contributed by atoms with Crippen LogP contribution in [-0.4, -0.2) is 20.3 Å². The molecule has 0 fully saturated rings. The van der Waals surface area contributed by atoms with Crippen LogP contribution in [0.4, 0.5) is 0 Å². The molecule has 16 heavy (non-hydrogen) atoms. The molecule has 1 aromatic rings. The maximum Gasteiger partial charge on any atom is 0.0462 e. The van der Waals surface area contributed by atoms with Crippen molar-refractivity contribution in [1.82, 2.24) is 5.32 Å². The summed E-state index contributed by atoms with van der Waals surface area (Å²) in [6.45, 7) is 3.91. The second kappa shape index (κ2) is 7.66. The van der Waals surface area contributed by atoms with Crippen LogP contribution >= 0.6 is 11.6 Å². The van der Waals surface area contributed by atoms with Gasteiger partial charge in [-0.3, -0.25) is 0 Å². The third kappa shape index (κ3) is 4.52. The lowest BCUT2D eigenvalue weighted by atomic mass is 10.0. The van der Waals surface area contributed by atoms with Gasteiger partial charge in [0.1, 0.15) is 0 Å². The monoisotopic (exact) mass is 241 g/mol. The van der Waals surface area contributed by atoms with Crippen molar-refractivity contribution in [2.24, 2.45) is 0 Å². The minimum atomic E-state index is 0.400. The molecule has 2 nitrogen and oxygen atoms in total. The summed E-state index contributed by atoms with van der Waals surface area (Å²) in [5.41, 5.74) is 1.29. The van der Waals surface area contributed by atoms with Crippen LogP contribution in [0, 0.1) is 0 Å². The summed E-state index contributed by atoms with van der Waals surface area (Å²) in [7, 11) is 1.74. The van der Waals surface area contributed by atoms with Gasteiger partial charge >= 0.3 is 0 Å². The lowest BCUT2D eigenvalue weighted by Gasteiger charge is -2.18. The molecular weight excluding hydrogens is 222 g/mol. The smallest absolute Gasteiger partial charge is 0.0462 e. The first-order valence-corrected chi connectivity index (χ1v) is 6.13. The van der Waals surface area contributed by atoms with E-state index in [0.29, 0.717) is 6.04 Å². The van der Waals surface area contributed by atoms with Gasteiger partial charge in [-0.2, -0.15) is 0 Å². The summed E-state index contributed by atoms with van der Waals surface area (Å²) < 4.78 is 5.08. The van der Waals surface area contributed by atoms with Crippen LogP contribution in [-0.2, 0) is 4.74 Å². The Morgan fingerprint density at radius 3 is 2.56 bits per heavy atom. The number of methoxy groups -OCH3 is 1. The zero-order valence-electron chi connectivity index (χ0n) is 10.0. The van der Waals surface area contributed by atoms with E-state index in [2.05, 4.69) is 24.4 Å². The van der Waals surface area contributed by atoms with E-state index >= 15 is 0 Å². The Hall–Kier alpha value is -0.570. The second-order valence-corrected chi connectivity index (χ2v) is 4.23. The average molecular weight is 242 g/mol. The topological polar surface area (TPSA) is 21.3 Å². The van der Waals surface area contributed by atoms with Crippen molar-refractivity contribution in [3.8, 4) is 0 Å². The molecule has 1 unspecified atom stereocenters. The minimum Gasteiger partial charge on any atom is -0.385 e. The van der Waals surface area contributed by atoms with Crippen molar-refractivity contribution >= 4 is 11.6 Å². The summed E-state index contributed by atoms with van der Waals surface area (Å²) in [6, 6.07) is 8.46. The number of hydrogen-bond acceptors (Lipinski definition) is 2. The van der Waals surface area contributed by atoms with Crippen molar-refractivity contribution in [1.29, 1.82) is 0 Å². The van der Waals surface area contributed by atoms with E-state index in [9.17, 15) is 0 Å². The Morgan fingerprint density at radius 2 is 2.00 bits per heavy atom. The predicted molar refractivity (Wildman–Crippen MR) is 69.0 cm³/mol. The highest BCUT2D eigenvalue weighted by molar-refractivity contribution is 6.30. The predicted octanol–water partition coefficient (Wildman–Crippen LogP) is 3.42. The Kier molecular flexibility index (Phi) is 6.46. The lowest BCUT2D eigenvalue weighted by molar-refractivity contribution is 0.189. The summed E-state index contributed by atoms with van der Waals surface area (Å²) in [6.07, 6.45) is 2.15. The Labute approximate surface area is 103 Å². The fraction of sp³-hybridized carbons (Fsp3) is 0.538. The van der Waals surface area contributed by atoms with Gasteiger partial charge in [0, 0.05) is 24.8 Å². The summed E-state index contributed by atoms with van der Waals surface area (Å²) in [4.78, 5) is 0. The number of ether oxygens (including phenoxy) is 1. The van der Waals surface area contributed by atoms with Gasteiger partial charge in [0.25, 0.3) is 0 Å². The zero-order chi connectivity index (χ0) is 11.8. The summed E-state index contributed by atoms with van der Waals surface area (Å²) in [5.74, 6) is 0. The van der Waals surface area contributed by atoms with Crippen LogP contribution in [0.25, 0.3) is 0 Å².